The lowest BCUT2D eigenvalue weighted by atomic mass is 10.1. The lowest BCUT2D eigenvalue weighted by Crippen LogP contribution is -2.50. The molecule has 2 atom stereocenters. The molecule has 0 bridgehead atoms. The van der Waals surface area contributed by atoms with Crippen LogP contribution in [0.4, 0.5) is 5.69 Å². The van der Waals surface area contributed by atoms with E-state index in [0.717, 1.165) is 26.1 Å². The minimum atomic E-state index is 0.209. The number of benzene rings is 1. The van der Waals surface area contributed by atoms with Gasteiger partial charge in [-0.05, 0) is 60.9 Å². The van der Waals surface area contributed by atoms with Crippen LogP contribution in [-0.2, 0) is 6.42 Å². The molecule has 2 unspecified atom stereocenters. The van der Waals surface area contributed by atoms with E-state index in [-0.39, 0.29) is 6.04 Å². The van der Waals surface area contributed by atoms with Crippen molar-refractivity contribution >= 4 is 21.6 Å². The average Bonchev–Trinajstić information content (AvgIpc) is 2.30. The number of halogens is 1. The Morgan fingerprint density at radius 1 is 1.42 bits per heavy atom. The van der Waals surface area contributed by atoms with Crippen LogP contribution in [0.1, 0.15) is 19.4 Å². The van der Waals surface area contributed by atoms with Crippen LogP contribution in [0.25, 0.3) is 0 Å². The summed E-state index contributed by atoms with van der Waals surface area (Å²) in [5.41, 5.74) is 8.46. The smallest absolute Gasteiger partial charge is 0.0514 e. The maximum atomic E-state index is 5.86. The largest absolute Gasteiger partial charge is 0.365 e. The third-order valence-electron chi connectivity index (χ3n) is 3.71. The van der Waals surface area contributed by atoms with Crippen molar-refractivity contribution in [3.63, 3.8) is 0 Å². The van der Waals surface area contributed by atoms with Crippen molar-refractivity contribution in [3.05, 3.63) is 28.2 Å². The van der Waals surface area contributed by atoms with Crippen LogP contribution in [0.15, 0.2) is 22.7 Å². The van der Waals surface area contributed by atoms with Gasteiger partial charge in [-0.15, -0.1) is 0 Å². The van der Waals surface area contributed by atoms with E-state index >= 15 is 0 Å². The normalized spacial score (nSPS) is 22.6. The van der Waals surface area contributed by atoms with Gasteiger partial charge >= 0.3 is 0 Å². The van der Waals surface area contributed by atoms with Gasteiger partial charge in [-0.1, -0.05) is 6.07 Å². The molecule has 1 aromatic carbocycles. The van der Waals surface area contributed by atoms with Gasteiger partial charge in [0.25, 0.3) is 0 Å². The van der Waals surface area contributed by atoms with Gasteiger partial charge in [0.1, 0.15) is 0 Å². The molecule has 0 spiro atoms. The van der Waals surface area contributed by atoms with E-state index in [1.165, 1.54) is 15.7 Å². The Labute approximate surface area is 124 Å². The van der Waals surface area contributed by atoms with Crippen LogP contribution >= 0.6 is 15.9 Å². The topological polar surface area (TPSA) is 32.5 Å². The van der Waals surface area contributed by atoms with Gasteiger partial charge in [0.15, 0.2) is 0 Å². The summed E-state index contributed by atoms with van der Waals surface area (Å²) in [6, 6.07) is 7.40. The number of nitrogens with zero attached hydrogens (tertiary/aromatic N) is 2. The lowest BCUT2D eigenvalue weighted by molar-refractivity contribution is 0.275. The van der Waals surface area contributed by atoms with E-state index in [4.69, 9.17) is 5.73 Å². The Morgan fingerprint density at radius 2 is 2.16 bits per heavy atom. The minimum Gasteiger partial charge on any atom is -0.365 e. The predicted molar refractivity (Wildman–Crippen MR) is 85.8 cm³/mol. The summed E-state index contributed by atoms with van der Waals surface area (Å²) in [7, 11) is 2.19. The molecule has 1 aliphatic rings. The van der Waals surface area contributed by atoms with Crippen LogP contribution < -0.4 is 10.6 Å². The van der Waals surface area contributed by atoms with Crippen LogP contribution in [0.5, 0.6) is 0 Å². The molecule has 1 aliphatic heterocycles. The third kappa shape index (κ3) is 3.71. The number of rotatable bonds is 3. The van der Waals surface area contributed by atoms with Gasteiger partial charge in [-0.25, -0.2) is 0 Å². The SMILES string of the molecule is CC(N)Cc1ccc(N2CCN(C)CC2C)c(Br)c1. The molecule has 1 saturated heterocycles. The summed E-state index contributed by atoms with van der Waals surface area (Å²) < 4.78 is 1.18. The van der Waals surface area contributed by atoms with Gasteiger partial charge in [0, 0.05) is 36.2 Å². The Morgan fingerprint density at radius 3 is 2.74 bits per heavy atom. The monoisotopic (exact) mass is 325 g/mol. The van der Waals surface area contributed by atoms with Crippen molar-refractivity contribution in [2.24, 2.45) is 5.73 Å². The Kier molecular flexibility index (Phi) is 4.87. The molecule has 0 aromatic heterocycles. The van der Waals surface area contributed by atoms with Crippen LogP contribution in [0, 0.1) is 0 Å². The molecule has 2 rings (SSSR count). The summed E-state index contributed by atoms with van der Waals surface area (Å²) in [6.07, 6.45) is 0.928. The molecule has 0 aliphatic carbocycles. The highest BCUT2D eigenvalue weighted by Gasteiger charge is 2.23. The second kappa shape index (κ2) is 6.25. The van der Waals surface area contributed by atoms with Gasteiger partial charge in [0.2, 0.25) is 0 Å². The van der Waals surface area contributed by atoms with Gasteiger partial charge in [0.05, 0.1) is 5.69 Å². The summed E-state index contributed by atoms with van der Waals surface area (Å²) in [5.74, 6) is 0. The zero-order chi connectivity index (χ0) is 14.0. The fraction of sp³-hybridized carbons (Fsp3) is 0.600. The first-order valence-electron chi connectivity index (χ1n) is 6.96. The van der Waals surface area contributed by atoms with Crippen molar-refractivity contribution in [1.29, 1.82) is 0 Å². The quantitative estimate of drug-likeness (QED) is 0.926. The number of piperazine rings is 1. The lowest BCUT2D eigenvalue weighted by Gasteiger charge is -2.40. The first-order chi connectivity index (χ1) is 8.97. The summed E-state index contributed by atoms with van der Waals surface area (Å²) in [4.78, 5) is 4.87. The van der Waals surface area contributed by atoms with E-state index in [1.807, 2.05) is 6.92 Å². The molecule has 2 N–H and O–H groups in total. The Hall–Kier alpha value is -0.580. The van der Waals surface area contributed by atoms with E-state index in [9.17, 15) is 0 Å². The number of likely N-dealkylation sites (N-methyl/N-ethyl adjacent to an activating group) is 1. The molecule has 0 amide bonds. The molecule has 4 heteroatoms. The molecule has 3 nitrogen and oxygen atoms in total. The van der Waals surface area contributed by atoms with Gasteiger partial charge in [-0.3, -0.25) is 0 Å². The maximum absolute atomic E-state index is 5.86. The van der Waals surface area contributed by atoms with E-state index in [2.05, 4.69) is 57.9 Å². The molecule has 1 aromatic rings. The Balaban J connectivity index is 2.16. The fourth-order valence-corrected chi connectivity index (χ4v) is 3.43. The molecule has 0 saturated carbocycles. The Bertz CT molecular complexity index is 433. The van der Waals surface area contributed by atoms with Crippen molar-refractivity contribution in [3.8, 4) is 0 Å². The highest BCUT2D eigenvalue weighted by Crippen LogP contribution is 2.30. The van der Waals surface area contributed by atoms with Crippen molar-refractivity contribution in [1.82, 2.24) is 4.90 Å². The third-order valence-corrected chi connectivity index (χ3v) is 4.34. The zero-order valence-electron chi connectivity index (χ0n) is 12.1. The van der Waals surface area contributed by atoms with Gasteiger partial charge < -0.3 is 15.5 Å². The molecule has 1 heterocycles. The molecular formula is C15H24BrN3. The average molecular weight is 326 g/mol. The van der Waals surface area contributed by atoms with E-state index in [0.29, 0.717) is 6.04 Å². The highest BCUT2D eigenvalue weighted by atomic mass is 79.9. The summed E-state index contributed by atoms with van der Waals surface area (Å²) in [6.45, 7) is 7.66. The second-order valence-corrected chi connectivity index (χ2v) is 6.63. The van der Waals surface area contributed by atoms with Crippen molar-refractivity contribution in [2.45, 2.75) is 32.4 Å². The molecule has 106 valence electrons. The van der Waals surface area contributed by atoms with Crippen molar-refractivity contribution < 1.29 is 0 Å². The highest BCUT2D eigenvalue weighted by molar-refractivity contribution is 9.10. The number of anilines is 1. The first-order valence-corrected chi connectivity index (χ1v) is 7.76. The molecule has 1 fully saturated rings. The second-order valence-electron chi connectivity index (χ2n) is 5.77. The number of hydrogen-bond donors (Lipinski definition) is 1. The number of hydrogen-bond acceptors (Lipinski definition) is 3. The van der Waals surface area contributed by atoms with E-state index < -0.39 is 0 Å². The number of nitrogens with two attached hydrogens (primary N) is 1. The van der Waals surface area contributed by atoms with Crippen LogP contribution in [0.2, 0.25) is 0 Å². The van der Waals surface area contributed by atoms with Crippen LogP contribution in [0.3, 0.4) is 0 Å². The fourth-order valence-electron chi connectivity index (χ4n) is 2.78. The minimum absolute atomic E-state index is 0.209. The summed E-state index contributed by atoms with van der Waals surface area (Å²) >= 11 is 3.72. The first kappa shape index (κ1) is 14.8. The predicted octanol–water partition coefficient (Wildman–Crippen LogP) is 2.48. The van der Waals surface area contributed by atoms with E-state index in [1.54, 1.807) is 0 Å². The molecular weight excluding hydrogens is 302 g/mol. The maximum Gasteiger partial charge on any atom is 0.0514 e. The van der Waals surface area contributed by atoms with Crippen molar-refractivity contribution in [2.75, 3.05) is 31.6 Å². The standard InChI is InChI=1S/C15H24BrN3/c1-11(17)8-13-4-5-15(14(16)9-13)19-7-6-18(3)10-12(19)2/h4-5,9,11-12H,6-8,10,17H2,1-3H3. The molecule has 19 heavy (non-hydrogen) atoms. The van der Waals surface area contributed by atoms with Gasteiger partial charge in [-0.2, -0.15) is 0 Å². The van der Waals surface area contributed by atoms with Crippen LogP contribution in [-0.4, -0.2) is 43.7 Å². The summed E-state index contributed by atoms with van der Waals surface area (Å²) in [5, 5.41) is 0. The molecule has 0 radical (unpaired) electrons. The zero-order valence-corrected chi connectivity index (χ0v) is 13.7.